The van der Waals surface area contributed by atoms with Crippen molar-refractivity contribution in [2.75, 3.05) is 6.61 Å². The van der Waals surface area contributed by atoms with Gasteiger partial charge in [-0.05, 0) is 32.0 Å². The Labute approximate surface area is 298 Å². The van der Waals surface area contributed by atoms with E-state index >= 15 is 0 Å². The lowest BCUT2D eigenvalue weighted by Gasteiger charge is -2.46. The molecule has 0 radical (unpaired) electrons. The lowest BCUT2D eigenvalue weighted by atomic mass is 9.97. The maximum atomic E-state index is 13.7. The summed E-state index contributed by atoms with van der Waals surface area (Å²) in [5.74, 6) is -3.50. The van der Waals surface area contributed by atoms with Crippen molar-refractivity contribution in [3.63, 3.8) is 0 Å². The van der Waals surface area contributed by atoms with Crippen molar-refractivity contribution in [1.82, 2.24) is 0 Å². The molecular formula is C33H40O20. The van der Waals surface area contributed by atoms with Gasteiger partial charge in [0.25, 0.3) is 0 Å². The van der Waals surface area contributed by atoms with Crippen LogP contribution in [0.3, 0.4) is 0 Å². The van der Waals surface area contributed by atoms with Gasteiger partial charge in [0.1, 0.15) is 83.5 Å². The largest absolute Gasteiger partial charge is 0.508 e. The number of aliphatic hydroxyl groups excluding tert-OH is 8. The van der Waals surface area contributed by atoms with Crippen molar-refractivity contribution in [3.05, 3.63) is 40.6 Å². The van der Waals surface area contributed by atoms with Crippen LogP contribution >= 0.6 is 0 Å². The summed E-state index contributed by atoms with van der Waals surface area (Å²) in [5.41, 5.74) is -1.44. The molecule has 20 nitrogen and oxygen atoms in total. The molecule has 0 aliphatic carbocycles. The van der Waals surface area contributed by atoms with Crippen LogP contribution in [0.4, 0.5) is 0 Å². The van der Waals surface area contributed by atoms with E-state index in [4.69, 9.17) is 32.8 Å². The van der Waals surface area contributed by atoms with Gasteiger partial charge in [-0.25, -0.2) is 0 Å². The molecule has 2 aromatic carbocycles. The average Bonchev–Trinajstić information content (AvgIpc) is 3.11. The molecule has 12 N–H and O–H groups in total. The molecular weight excluding hydrogens is 716 g/mol. The lowest BCUT2D eigenvalue weighted by molar-refractivity contribution is -0.357. The zero-order chi connectivity index (χ0) is 38.6. The second-order valence-corrected chi connectivity index (χ2v) is 13.1. The summed E-state index contributed by atoms with van der Waals surface area (Å²) in [6.07, 6.45) is -24.2. The van der Waals surface area contributed by atoms with E-state index in [-0.39, 0.29) is 11.1 Å². The van der Waals surface area contributed by atoms with Gasteiger partial charge in [-0.15, -0.1) is 0 Å². The van der Waals surface area contributed by atoms with Crippen molar-refractivity contribution < 1.29 is 94.1 Å². The normalized spacial score (nSPS) is 37.8. The monoisotopic (exact) mass is 756 g/mol. The van der Waals surface area contributed by atoms with Crippen molar-refractivity contribution in [2.24, 2.45) is 0 Å². The molecule has 3 fully saturated rings. The number of rotatable bonds is 8. The third kappa shape index (κ3) is 7.34. The fourth-order valence-corrected chi connectivity index (χ4v) is 6.30. The summed E-state index contributed by atoms with van der Waals surface area (Å²) in [6, 6.07) is 5.16. The minimum atomic E-state index is -2.03. The molecule has 20 heteroatoms. The van der Waals surface area contributed by atoms with E-state index < -0.39 is 144 Å². The van der Waals surface area contributed by atoms with Crippen LogP contribution < -0.4 is 10.2 Å². The van der Waals surface area contributed by atoms with Gasteiger partial charge in [0, 0.05) is 17.7 Å². The van der Waals surface area contributed by atoms with Gasteiger partial charge in [0.2, 0.25) is 17.5 Å². The molecule has 3 aliphatic rings. The maximum absolute atomic E-state index is 13.7. The first kappa shape index (κ1) is 38.8. The molecule has 292 valence electrons. The summed E-state index contributed by atoms with van der Waals surface area (Å²) in [5, 5.41) is 124. The number of aromatic hydroxyl groups is 4. The second-order valence-electron chi connectivity index (χ2n) is 13.1. The number of aliphatic hydroxyl groups is 8. The van der Waals surface area contributed by atoms with E-state index in [0.29, 0.717) is 0 Å². The highest BCUT2D eigenvalue weighted by molar-refractivity contribution is 5.88. The first-order valence-corrected chi connectivity index (χ1v) is 16.4. The molecule has 3 aromatic rings. The molecule has 0 bridgehead atoms. The number of ether oxygens (including phenoxy) is 6. The summed E-state index contributed by atoms with van der Waals surface area (Å²) in [6.45, 7) is 2.16. The Morgan fingerprint density at radius 2 is 1.28 bits per heavy atom. The Bertz CT molecular complexity index is 1830. The van der Waals surface area contributed by atoms with Crippen molar-refractivity contribution in [3.8, 4) is 40.1 Å². The van der Waals surface area contributed by atoms with Crippen molar-refractivity contribution in [1.29, 1.82) is 0 Å². The number of benzene rings is 2. The fraction of sp³-hybridized carbons (Fsp3) is 0.545. The van der Waals surface area contributed by atoms with Gasteiger partial charge in [-0.2, -0.15) is 0 Å². The van der Waals surface area contributed by atoms with E-state index in [1.54, 1.807) is 0 Å². The molecule has 3 aliphatic heterocycles. The van der Waals surface area contributed by atoms with Crippen LogP contribution in [0.15, 0.2) is 39.5 Å². The third-order valence-corrected chi connectivity index (χ3v) is 9.36. The predicted octanol–water partition coefficient (Wildman–Crippen LogP) is -2.84. The molecule has 0 saturated carbocycles. The molecule has 1 aromatic heterocycles. The highest BCUT2D eigenvalue weighted by Crippen LogP contribution is 2.40. The number of phenolic OH excluding ortho intramolecular Hbond substituents is 4. The first-order valence-electron chi connectivity index (χ1n) is 16.4. The Balaban J connectivity index is 1.20. The lowest BCUT2D eigenvalue weighted by Crippen LogP contribution is -2.63. The van der Waals surface area contributed by atoms with Crippen molar-refractivity contribution >= 4 is 11.0 Å². The van der Waals surface area contributed by atoms with Gasteiger partial charge in [-0.3, -0.25) is 4.79 Å². The molecule has 15 atom stereocenters. The molecule has 0 spiro atoms. The standard InChI is InChI=1S/C33H40O20/c1-9-19(38)22(41)25(44)32(48-9)52-28-10(2)49-31(27(46)24(28)43)47-8-17-20(39)23(42)26(45)33(51-17)53-30-21(40)18-15(37)6-12(34)7-16(18)50-29(30)11-3-4-13(35)14(36)5-11/h3-7,9-10,17,19-20,22-28,31-39,41-46H,8H2,1-2H3/t9-,10-,17+,19-,20-,22+,23+,24-,25+,26+,27+,28-,31-,32-,33+/m0/s1. The Morgan fingerprint density at radius 1 is 0.642 bits per heavy atom. The van der Waals surface area contributed by atoms with E-state index in [1.807, 2.05) is 0 Å². The summed E-state index contributed by atoms with van der Waals surface area (Å²) < 4.78 is 39.5. The molecule has 0 amide bonds. The molecule has 4 heterocycles. The van der Waals surface area contributed by atoms with Gasteiger partial charge in [-0.1, -0.05) is 0 Å². The zero-order valence-electron chi connectivity index (χ0n) is 27.9. The quantitative estimate of drug-likeness (QED) is 0.103. The number of hydrogen-bond acceptors (Lipinski definition) is 20. The Morgan fingerprint density at radius 3 is 1.98 bits per heavy atom. The minimum absolute atomic E-state index is 0.0610. The Kier molecular flexibility index (Phi) is 11.1. The van der Waals surface area contributed by atoms with E-state index in [1.165, 1.54) is 19.9 Å². The van der Waals surface area contributed by atoms with E-state index in [9.17, 15) is 66.1 Å². The Hall–Kier alpha value is -3.87. The molecule has 0 unspecified atom stereocenters. The molecule has 53 heavy (non-hydrogen) atoms. The van der Waals surface area contributed by atoms with Gasteiger partial charge < -0.3 is 94.1 Å². The fourth-order valence-electron chi connectivity index (χ4n) is 6.30. The van der Waals surface area contributed by atoms with E-state index in [2.05, 4.69) is 0 Å². The van der Waals surface area contributed by atoms with Crippen LogP contribution in [0, 0.1) is 0 Å². The predicted molar refractivity (Wildman–Crippen MR) is 171 cm³/mol. The molecule has 6 rings (SSSR count). The second kappa shape index (κ2) is 15.1. The van der Waals surface area contributed by atoms with Crippen LogP contribution in [0.1, 0.15) is 13.8 Å². The van der Waals surface area contributed by atoms with Gasteiger partial charge in [0.05, 0.1) is 18.8 Å². The van der Waals surface area contributed by atoms with E-state index in [0.717, 1.165) is 24.3 Å². The SMILES string of the molecule is C[C@@H]1O[C@@H](O[C@@H]2[C@@H](O)[C@@H](O)[C@@H](OC[C@H]3O[C@H](Oc4c(-c5ccc(O)c(O)c5)oc5cc(O)cc(O)c5c4=O)[C@H](O)[C@H](O)[C@H]3O)O[C@H]2C)[C@H](O)[C@H](O)[C@H]1O. The van der Waals surface area contributed by atoms with Crippen LogP contribution in [0.5, 0.6) is 28.7 Å². The highest BCUT2D eigenvalue weighted by Gasteiger charge is 2.51. The van der Waals surface area contributed by atoms with Crippen LogP contribution in [-0.4, -0.2) is 160 Å². The summed E-state index contributed by atoms with van der Waals surface area (Å²) in [4.78, 5) is 13.7. The number of hydrogen-bond donors (Lipinski definition) is 12. The smallest absolute Gasteiger partial charge is 0.239 e. The number of fused-ring (bicyclic) bond motifs is 1. The summed E-state index contributed by atoms with van der Waals surface area (Å²) in [7, 11) is 0. The minimum Gasteiger partial charge on any atom is -0.508 e. The average molecular weight is 757 g/mol. The highest BCUT2D eigenvalue weighted by atomic mass is 16.7. The van der Waals surface area contributed by atoms with Crippen LogP contribution in [-0.2, 0) is 23.7 Å². The maximum Gasteiger partial charge on any atom is 0.239 e. The van der Waals surface area contributed by atoms with Crippen LogP contribution in [0.2, 0.25) is 0 Å². The third-order valence-electron chi connectivity index (χ3n) is 9.36. The first-order chi connectivity index (χ1) is 25.0. The topological polar surface area (TPSA) is 328 Å². The number of phenols is 4. The van der Waals surface area contributed by atoms with Crippen LogP contribution in [0.25, 0.3) is 22.3 Å². The van der Waals surface area contributed by atoms with Gasteiger partial charge >= 0.3 is 0 Å². The summed E-state index contributed by atoms with van der Waals surface area (Å²) >= 11 is 0. The zero-order valence-corrected chi connectivity index (χ0v) is 27.9. The van der Waals surface area contributed by atoms with Gasteiger partial charge in [0.15, 0.2) is 29.8 Å². The molecule has 3 saturated heterocycles. The van der Waals surface area contributed by atoms with Crippen molar-refractivity contribution in [2.45, 2.75) is 106 Å².